The summed E-state index contributed by atoms with van der Waals surface area (Å²) in [6.45, 7) is 1.47. The Labute approximate surface area is 102 Å². The van der Waals surface area contributed by atoms with Gasteiger partial charge in [0.1, 0.15) is 0 Å². The van der Waals surface area contributed by atoms with E-state index in [1.54, 1.807) is 0 Å². The van der Waals surface area contributed by atoms with E-state index in [-0.39, 0.29) is 18.7 Å². The number of piperidine rings is 1. The molecule has 0 bridgehead atoms. The van der Waals surface area contributed by atoms with Gasteiger partial charge in [-0.1, -0.05) is 0 Å². The SMILES string of the molecule is NC1CC(CC(O)C2CC2)CN(CC(=O)O)C1. The van der Waals surface area contributed by atoms with Crippen LogP contribution >= 0.6 is 0 Å². The second-order valence-corrected chi connectivity index (χ2v) is 5.59. The molecule has 2 aliphatic rings. The van der Waals surface area contributed by atoms with Crippen LogP contribution in [0.25, 0.3) is 0 Å². The molecule has 0 aromatic carbocycles. The summed E-state index contributed by atoms with van der Waals surface area (Å²) in [5, 5.41) is 18.7. The van der Waals surface area contributed by atoms with E-state index in [2.05, 4.69) is 0 Å². The van der Waals surface area contributed by atoms with Gasteiger partial charge in [-0.2, -0.15) is 0 Å². The first kappa shape index (κ1) is 12.8. The van der Waals surface area contributed by atoms with Gasteiger partial charge in [-0.15, -0.1) is 0 Å². The third-order valence-corrected chi connectivity index (χ3v) is 3.75. The van der Waals surface area contributed by atoms with Crippen molar-refractivity contribution in [2.45, 2.75) is 37.8 Å². The van der Waals surface area contributed by atoms with Gasteiger partial charge < -0.3 is 15.9 Å². The van der Waals surface area contributed by atoms with Crippen LogP contribution in [0, 0.1) is 11.8 Å². The van der Waals surface area contributed by atoms with Crippen molar-refractivity contribution in [1.29, 1.82) is 0 Å². The molecular formula is C12H22N2O3. The summed E-state index contributed by atoms with van der Waals surface area (Å²) in [7, 11) is 0. The molecule has 1 heterocycles. The molecule has 1 aliphatic carbocycles. The fourth-order valence-corrected chi connectivity index (χ4v) is 2.85. The standard InChI is InChI=1S/C12H22N2O3/c13-10-3-8(4-11(15)9-1-2-9)5-14(6-10)7-12(16)17/h8-11,15H,1-7,13H2,(H,16,17). The fourth-order valence-electron chi connectivity index (χ4n) is 2.85. The molecule has 4 N–H and O–H groups in total. The minimum absolute atomic E-state index is 0.0412. The van der Waals surface area contributed by atoms with Crippen molar-refractivity contribution in [3.05, 3.63) is 0 Å². The first-order valence-electron chi connectivity index (χ1n) is 6.42. The van der Waals surface area contributed by atoms with Crippen LogP contribution in [0.1, 0.15) is 25.7 Å². The van der Waals surface area contributed by atoms with E-state index in [0.29, 0.717) is 18.4 Å². The van der Waals surface area contributed by atoms with E-state index in [1.165, 1.54) is 0 Å². The molecule has 2 fully saturated rings. The van der Waals surface area contributed by atoms with Gasteiger partial charge in [0.05, 0.1) is 12.6 Å². The normalized spacial score (nSPS) is 32.4. The zero-order valence-electron chi connectivity index (χ0n) is 10.1. The Kier molecular flexibility index (Phi) is 4.01. The van der Waals surface area contributed by atoms with Gasteiger partial charge in [0.25, 0.3) is 0 Å². The minimum Gasteiger partial charge on any atom is -0.480 e. The maximum Gasteiger partial charge on any atom is 0.317 e. The molecule has 5 heteroatoms. The van der Waals surface area contributed by atoms with Crippen LogP contribution in [0.5, 0.6) is 0 Å². The van der Waals surface area contributed by atoms with Gasteiger partial charge in [0.15, 0.2) is 0 Å². The lowest BCUT2D eigenvalue weighted by atomic mass is 9.89. The Morgan fingerprint density at radius 3 is 2.71 bits per heavy atom. The van der Waals surface area contributed by atoms with E-state index in [0.717, 1.165) is 32.2 Å². The molecule has 0 radical (unpaired) electrons. The Balaban J connectivity index is 1.82. The summed E-state index contributed by atoms with van der Waals surface area (Å²) < 4.78 is 0. The highest BCUT2D eigenvalue weighted by Crippen LogP contribution is 2.36. The van der Waals surface area contributed by atoms with E-state index in [9.17, 15) is 9.90 Å². The molecule has 3 unspecified atom stereocenters. The first-order valence-corrected chi connectivity index (χ1v) is 6.42. The summed E-state index contributed by atoms with van der Waals surface area (Å²) >= 11 is 0. The zero-order chi connectivity index (χ0) is 12.4. The van der Waals surface area contributed by atoms with Crippen LogP contribution < -0.4 is 5.73 Å². The quantitative estimate of drug-likeness (QED) is 0.626. The van der Waals surface area contributed by atoms with Gasteiger partial charge in [-0.05, 0) is 37.5 Å². The zero-order valence-corrected chi connectivity index (χ0v) is 10.1. The Hall–Kier alpha value is -0.650. The predicted octanol–water partition coefficient (Wildman–Crippen LogP) is -0.119. The molecule has 3 atom stereocenters. The van der Waals surface area contributed by atoms with Gasteiger partial charge >= 0.3 is 5.97 Å². The number of carboxylic acids is 1. The summed E-state index contributed by atoms with van der Waals surface area (Å²) in [5.74, 6) is 0.0235. The Morgan fingerprint density at radius 1 is 1.41 bits per heavy atom. The molecule has 0 aromatic heterocycles. The summed E-state index contributed by atoms with van der Waals surface area (Å²) in [5.41, 5.74) is 5.94. The highest BCUT2D eigenvalue weighted by Gasteiger charge is 2.34. The number of nitrogens with two attached hydrogens (primary N) is 1. The third kappa shape index (κ3) is 3.94. The van der Waals surface area contributed by atoms with Crippen LogP contribution in [0.3, 0.4) is 0 Å². The maximum absolute atomic E-state index is 10.7. The number of aliphatic hydroxyl groups is 1. The molecule has 1 saturated heterocycles. The van der Waals surface area contributed by atoms with Gasteiger partial charge in [-0.3, -0.25) is 9.69 Å². The van der Waals surface area contributed by atoms with E-state index in [1.807, 2.05) is 4.90 Å². The first-order chi connectivity index (χ1) is 8.04. The number of likely N-dealkylation sites (tertiary alicyclic amines) is 1. The van der Waals surface area contributed by atoms with E-state index >= 15 is 0 Å². The van der Waals surface area contributed by atoms with Crippen LogP contribution in [0.4, 0.5) is 0 Å². The van der Waals surface area contributed by atoms with Crippen molar-refractivity contribution in [2.24, 2.45) is 17.6 Å². The molecule has 5 nitrogen and oxygen atoms in total. The van der Waals surface area contributed by atoms with Crippen molar-refractivity contribution in [3.8, 4) is 0 Å². The number of carbonyl (C=O) groups is 1. The largest absolute Gasteiger partial charge is 0.480 e. The lowest BCUT2D eigenvalue weighted by molar-refractivity contribution is -0.138. The molecular weight excluding hydrogens is 220 g/mol. The van der Waals surface area contributed by atoms with Crippen LogP contribution in [-0.4, -0.2) is 52.9 Å². The molecule has 2 rings (SSSR count). The Morgan fingerprint density at radius 2 is 2.12 bits per heavy atom. The second kappa shape index (κ2) is 5.33. The maximum atomic E-state index is 10.7. The minimum atomic E-state index is -0.805. The molecule has 0 spiro atoms. The molecule has 0 aromatic rings. The van der Waals surface area contributed by atoms with Crippen molar-refractivity contribution < 1.29 is 15.0 Å². The van der Waals surface area contributed by atoms with Gasteiger partial charge in [0, 0.05) is 19.1 Å². The number of aliphatic hydroxyl groups excluding tert-OH is 1. The summed E-state index contributed by atoms with van der Waals surface area (Å²) in [6.07, 6.45) is 3.74. The number of hydrogen-bond acceptors (Lipinski definition) is 4. The lowest BCUT2D eigenvalue weighted by Gasteiger charge is -2.36. The molecule has 0 amide bonds. The Bertz CT molecular complexity index is 281. The highest BCUT2D eigenvalue weighted by atomic mass is 16.4. The predicted molar refractivity (Wildman–Crippen MR) is 63.5 cm³/mol. The molecule has 1 aliphatic heterocycles. The van der Waals surface area contributed by atoms with Gasteiger partial charge in [-0.25, -0.2) is 0 Å². The van der Waals surface area contributed by atoms with Crippen LogP contribution in [0.15, 0.2) is 0 Å². The van der Waals surface area contributed by atoms with Crippen molar-refractivity contribution in [3.63, 3.8) is 0 Å². The van der Waals surface area contributed by atoms with Crippen molar-refractivity contribution in [2.75, 3.05) is 19.6 Å². The number of nitrogens with zero attached hydrogens (tertiary/aromatic N) is 1. The molecule has 17 heavy (non-hydrogen) atoms. The number of rotatable bonds is 5. The monoisotopic (exact) mass is 242 g/mol. The smallest absolute Gasteiger partial charge is 0.317 e. The average Bonchev–Trinajstić information content (AvgIpc) is 2.97. The second-order valence-electron chi connectivity index (χ2n) is 5.59. The number of carboxylic acid groups (broad SMARTS) is 1. The molecule has 1 saturated carbocycles. The molecule has 98 valence electrons. The highest BCUT2D eigenvalue weighted by molar-refractivity contribution is 5.69. The fraction of sp³-hybridized carbons (Fsp3) is 0.917. The lowest BCUT2D eigenvalue weighted by Crippen LogP contribution is -2.49. The van der Waals surface area contributed by atoms with Gasteiger partial charge in [0.2, 0.25) is 0 Å². The van der Waals surface area contributed by atoms with E-state index < -0.39 is 5.97 Å². The summed E-state index contributed by atoms with van der Waals surface area (Å²) in [6, 6.07) is 0.0412. The topological polar surface area (TPSA) is 86.8 Å². The van der Waals surface area contributed by atoms with Crippen molar-refractivity contribution in [1.82, 2.24) is 4.90 Å². The van der Waals surface area contributed by atoms with Crippen LogP contribution in [-0.2, 0) is 4.79 Å². The van der Waals surface area contributed by atoms with Crippen molar-refractivity contribution >= 4 is 5.97 Å². The average molecular weight is 242 g/mol. The van der Waals surface area contributed by atoms with Crippen LogP contribution in [0.2, 0.25) is 0 Å². The number of aliphatic carboxylic acids is 1. The summed E-state index contributed by atoms with van der Waals surface area (Å²) in [4.78, 5) is 12.6. The third-order valence-electron chi connectivity index (χ3n) is 3.75. The van der Waals surface area contributed by atoms with E-state index in [4.69, 9.17) is 10.8 Å². The number of hydrogen-bond donors (Lipinski definition) is 3.